The molecule has 0 radical (unpaired) electrons. The van der Waals surface area contributed by atoms with E-state index in [0.717, 1.165) is 28.2 Å². The first-order valence-corrected chi connectivity index (χ1v) is 9.00. The van der Waals surface area contributed by atoms with Crippen LogP contribution in [-0.2, 0) is 6.54 Å². The smallest absolute Gasteiger partial charge is 0.274 e. The summed E-state index contributed by atoms with van der Waals surface area (Å²) in [5.74, 6) is -1.23. The average Bonchev–Trinajstić information content (AvgIpc) is 3.02. The second-order valence-corrected chi connectivity index (χ2v) is 5.55. The highest BCUT2D eigenvalue weighted by molar-refractivity contribution is 5.93. The Morgan fingerprint density at radius 2 is 1.86 bits per heavy atom. The molecule has 1 aromatic heterocycles. The van der Waals surface area contributed by atoms with Gasteiger partial charge in [0, 0.05) is 33.3 Å². The lowest BCUT2D eigenvalue weighted by Gasteiger charge is -2.10. The molecule has 0 fully saturated rings. The Balaban J connectivity index is 0.000000921. The molecule has 2 N–H and O–H groups in total. The van der Waals surface area contributed by atoms with Crippen molar-refractivity contribution < 1.29 is 14.4 Å². The van der Waals surface area contributed by atoms with Gasteiger partial charge in [0.25, 0.3) is 5.91 Å². The van der Waals surface area contributed by atoms with Crippen LogP contribution >= 0.6 is 0 Å². The van der Waals surface area contributed by atoms with Crippen LogP contribution in [0.25, 0.3) is 17.0 Å². The van der Waals surface area contributed by atoms with Crippen LogP contribution in [0.3, 0.4) is 0 Å². The number of hydrogen-bond acceptors (Lipinski definition) is 2. The minimum Gasteiger partial charge on any atom is -0.340 e. The molecule has 0 saturated heterocycles. The molecule has 3 rings (SSSR count). The molecule has 1 amide bonds. The highest BCUT2D eigenvalue weighted by Crippen LogP contribution is 2.28. The fraction of sp³-hybridized carbons (Fsp3) is 0.174. The fourth-order valence-corrected chi connectivity index (χ4v) is 2.97. The lowest BCUT2D eigenvalue weighted by atomic mass is 10.1. The van der Waals surface area contributed by atoms with Crippen molar-refractivity contribution in [3.05, 3.63) is 90.4 Å². The van der Waals surface area contributed by atoms with Crippen LogP contribution in [0.15, 0.2) is 62.2 Å². The van der Waals surface area contributed by atoms with Gasteiger partial charge in [-0.05, 0) is 25.1 Å². The molecule has 0 saturated carbocycles. The van der Waals surface area contributed by atoms with Gasteiger partial charge < -0.3 is 4.57 Å². The number of para-hydroxylation sites is 1. The number of hydrogen-bond donors (Lipinski definition) is 2. The summed E-state index contributed by atoms with van der Waals surface area (Å²) in [5, 5.41) is 9.70. The topological polar surface area (TPSA) is 54.3 Å². The van der Waals surface area contributed by atoms with Crippen molar-refractivity contribution in [1.82, 2.24) is 10.0 Å². The number of fused-ring (bicyclic) bond motifs is 1. The Morgan fingerprint density at radius 1 is 1.21 bits per heavy atom. The van der Waals surface area contributed by atoms with Crippen molar-refractivity contribution >= 4 is 22.9 Å². The van der Waals surface area contributed by atoms with E-state index in [1.165, 1.54) is 11.5 Å². The van der Waals surface area contributed by atoms with Crippen molar-refractivity contribution in [2.24, 2.45) is 0 Å². The summed E-state index contributed by atoms with van der Waals surface area (Å²) in [6, 6.07) is 12.1. The lowest BCUT2D eigenvalue weighted by Crippen LogP contribution is -2.19. The molecule has 0 aliphatic rings. The average molecular weight is 382 g/mol. The standard InChI is InChI=1S/C19H17FN2O2.C2H6.C2H4/c1-3-15-12(2)22(18-7-5-4-6-16(15)18)11-14-9-8-13(10-17(14)20)19(23)21-24;2*1-2/h3-10,24H,1,11H2,2H3,(H,21,23);1-2H3;1-2H2. The Hall–Kier alpha value is -3.18. The molecule has 3 aromatic rings. The summed E-state index contributed by atoms with van der Waals surface area (Å²) in [6.07, 6.45) is 1.80. The van der Waals surface area contributed by atoms with Crippen LogP contribution in [0.5, 0.6) is 0 Å². The van der Waals surface area contributed by atoms with E-state index < -0.39 is 11.7 Å². The maximum atomic E-state index is 14.4. The summed E-state index contributed by atoms with van der Waals surface area (Å²) in [6.45, 7) is 16.2. The number of aromatic nitrogens is 1. The largest absolute Gasteiger partial charge is 0.340 e. The maximum Gasteiger partial charge on any atom is 0.274 e. The van der Waals surface area contributed by atoms with Gasteiger partial charge in [0.05, 0.1) is 6.54 Å². The van der Waals surface area contributed by atoms with Gasteiger partial charge in [0.1, 0.15) is 5.82 Å². The Bertz CT molecular complexity index is 961. The molecule has 0 atom stereocenters. The first kappa shape index (κ1) is 22.9. The van der Waals surface area contributed by atoms with Gasteiger partial charge in [-0.3, -0.25) is 10.0 Å². The number of amides is 1. The molecule has 28 heavy (non-hydrogen) atoms. The second-order valence-electron chi connectivity index (χ2n) is 5.55. The molecule has 0 bridgehead atoms. The summed E-state index contributed by atoms with van der Waals surface area (Å²) in [5.41, 5.74) is 5.06. The number of nitrogens with one attached hydrogen (secondary N) is 1. The number of benzene rings is 2. The molecule has 0 aliphatic carbocycles. The number of rotatable bonds is 4. The monoisotopic (exact) mass is 382 g/mol. The summed E-state index contributed by atoms with van der Waals surface area (Å²) >= 11 is 0. The van der Waals surface area contributed by atoms with Gasteiger partial charge in [-0.2, -0.15) is 0 Å². The van der Waals surface area contributed by atoms with Gasteiger partial charge in [-0.15, -0.1) is 13.2 Å². The number of carbonyl (C=O) groups excluding carboxylic acids is 1. The Kier molecular flexibility index (Phi) is 8.85. The molecule has 0 unspecified atom stereocenters. The number of halogens is 1. The fourth-order valence-electron chi connectivity index (χ4n) is 2.97. The second kappa shape index (κ2) is 10.8. The highest BCUT2D eigenvalue weighted by Gasteiger charge is 2.14. The van der Waals surface area contributed by atoms with E-state index in [9.17, 15) is 9.18 Å². The van der Waals surface area contributed by atoms with Crippen LogP contribution in [-0.4, -0.2) is 15.7 Å². The molecule has 0 aliphatic heterocycles. The van der Waals surface area contributed by atoms with Gasteiger partial charge in [-0.25, -0.2) is 9.87 Å². The van der Waals surface area contributed by atoms with Crippen LogP contribution in [0.4, 0.5) is 4.39 Å². The van der Waals surface area contributed by atoms with Crippen molar-refractivity contribution in [2.75, 3.05) is 0 Å². The normalized spacial score (nSPS) is 9.61. The maximum absolute atomic E-state index is 14.4. The first-order valence-electron chi connectivity index (χ1n) is 9.00. The third-order valence-electron chi connectivity index (χ3n) is 4.23. The van der Waals surface area contributed by atoms with Crippen molar-refractivity contribution in [3.63, 3.8) is 0 Å². The zero-order valence-electron chi connectivity index (χ0n) is 16.6. The van der Waals surface area contributed by atoms with E-state index in [-0.39, 0.29) is 5.56 Å². The molecular formula is C23H27FN2O2. The third-order valence-corrected chi connectivity index (χ3v) is 4.23. The van der Waals surface area contributed by atoms with Gasteiger partial charge in [0.15, 0.2) is 0 Å². The van der Waals surface area contributed by atoms with Crippen molar-refractivity contribution in [1.29, 1.82) is 0 Å². The van der Waals surface area contributed by atoms with E-state index >= 15 is 0 Å². The predicted molar refractivity (Wildman–Crippen MR) is 114 cm³/mol. The summed E-state index contributed by atoms with van der Waals surface area (Å²) in [4.78, 5) is 11.4. The summed E-state index contributed by atoms with van der Waals surface area (Å²) in [7, 11) is 0. The molecule has 1 heterocycles. The van der Waals surface area contributed by atoms with Crippen molar-refractivity contribution in [2.45, 2.75) is 27.3 Å². The number of carbonyl (C=O) groups is 1. The molecule has 4 nitrogen and oxygen atoms in total. The molecular weight excluding hydrogens is 355 g/mol. The van der Waals surface area contributed by atoms with E-state index in [2.05, 4.69) is 19.7 Å². The molecule has 0 spiro atoms. The van der Waals surface area contributed by atoms with E-state index in [0.29, 0.717) is 12.1 Å². The van der Waals surface area contributed by atoms with E-state index in [4.69, 9.17) is 5.21 Å². The van der Waals surface area contributed by atoms with Crippen LogP contribution < -0.4 is 5.48 Å². The lowest BCUT2D eigenvalue weighted by molar-refractivity contribution is 0.0706. The molecule has 5 heteroatoms. The Labute approximate surface area is 165 Å². The van der Waals surface area contributed by atoms with Gasteiger partial charge in [-0.1, -0.05) is 50.8 Å². The minimum absolute atomic E-state index is 0.0691. The quantitative estimate of drug-likeness (QED) is 0.344. The number of nitrogens with zero attached hydrogens (tertiary/aromatic N) is 1. The SMILES string of the molecule is C=C.C=Cc1c(C)n(Cc2ccc(C(=O)NO)cc2F)c2ccccc12.CC. The van der Waals surface area contributed by atoms with Gasteiger partial charge >= 0.3 is 0 Å². The minimum atomic E-state index is -0.739. The van der Waals surface area contributed by atoms with Crippen LogP contribution in [0.2, 0.25) is 0 Å². The molecule has 148 valence electrons. The molecule has 2 aromatic carbocycles. The first-order chi connectivity index (χ1) is 13.6. The summed E-state index contributed by atoms with van der Waals surface area (Å²) < 4.78 is 16.4. The van der Waals surface area contributed by atoms with Crippen molar-refractivity contribution in [3.8, 4) is 0 Å². The Morgan fingerprint density at radius 3 is 2.43 bits per heavy atom. The van der Waals surface area contributed by atoms with E-state index in [1.807, 2.05) is 49.6 Å². The highest BCUT2D eigenvalue weighted by atomic mass is 19.1. The predicted octanol–water partition coefficient (Wildman–Crippen LogP) is 5.73. The third kappa shape index (κ3) is 4.56. The zero-order chi connectivity index (χ0) is 21.3. The zero-order valence-corrected chi connectivity index (χ0v) is 16.6. The van der Waals surface area contributed by atoms with Gasteiger partial charge in [0.2, 0.25) is 0 Å². The van der Waals surface area contributed by atoms with Crippen LogP contribution in [0.1, 0.15) is 41.0 Å². The van der Waals surface area contributed by atoms with Crippen LogP contribution in [0, 0.1) is 12.7 Å². The number of hydroxylamine groups is 1. The van der Waals surface area contributed by atoms with E-state index in [1.54, 1.807) is 12.1 Å².